The highest BCUT2D eigenvalue weighted by molar-refractivity contribution is 7.15. The van der Waals surface area contributed by atoms with Crippen LogP contribution in [0.15, 0.2) is 60.0 Å². The third-order valence-electron chi connectivity index (χ3n) is 3.88. The quantitative estimate of drug-likeness (QED) is 0.388. The Morgan fingerprint density at radius 2 is 1.86 bits per heavy atom. The third-order valence-corrected chi connectivity index (χ3v) is 5.34. The molecule has 1 heterocycles. The number of hydrogen-bond donors (Lipinski definition) is 1. The van der Waals surface area contributed by atoms with Gasteiger partial charge in [-0.2, -0.15) is 0 Å². The van der Waals surface area contributed by atoms with Gasteiger partial charge in [0.15, 0.2) is 0 Å². The van der Waals surface area contributed by atoms with E-state index in [4.69, 9.17) is 27.9 Å². The number of rotatable bonds is 5. The topological polar surface area (TPSA) is 55.4 Å². The molecule has 0 spiro atoms. The summed E-state index contributed by atoms with van der Waals surface area (Å²) in [6.45, 7) is 0. The summed E-state index contributed by atoms with van der Waals surface area (Å²) in [6.07, 6.45) is 2.93. The molecule has 0 aliphatic rings. The largest absolute Gasteiger partial charge is 0.465 e. The van der Waals surface area contributed by atoms with Gasteiger partial charge in [0.25, 0.3) is 0 Å². The summed E-state index contributed by atoms with van der Waals surface area (Å²) in [6, 6.07) is 14.4. The molecule has 1 N–H and O–H groups in total. The van der Waals surface area contributed by atoms with E-state index in [9.17, 15) is 9.59 Å². The maximum absolute atomic E-state index is 12.4. The van der Waals surface area contributed by atoms with Crippen LogP contribution in [0.25, 0.3) is 17.2 Å². The second kappa shape index (κ2) is 9.06. The Bertz CT molecular complexity index is 1050. The number of halogens is 2. The van der Waals surface area contributed by atoms with Crippen LogP contribution in [-0.2, 0) is 9.53 Å². The van der Waals surface area contributed by atoms with Crippen LogP contribution in [-0.4, -0.2) is 19.0 Å². The van der Waals surface area contributed by atoms with Gasteiger partial charge >= 0.3 is 5.97 Å². The first kappa shape index (κ1) is 20.1. The van der Waals surface area contributed by atoms with Gasteiger partial charge in [-0.15, -0.1) is 11.3 Å². The molecule has 7 heteroatoms. The molecule has 142 valence electrons. The zero-order chi connectivity index (χ0) is 20.1. The molecule has 0 saturated carbocycles. The molecule has 0 radical (unpaired) electrons. The Hall–Kier alpha value is -2.60. The van der Waals surface area contributed by atoms with Crippen molar-refractivity contribution in [1.82, 2.24) is 0 Å². The monoisotopic (exact) mass is 431 g/mol. The van der Waals surface area contributed by atoms with Crippen molar-refractivity contribution in [2.24, 2.45) is 0 Å². The number of anilines is 1. The summed E-state index contributed by atoms with van der Waals surface area (Å²) < 4.78 is 4.90. The Morgan fingerprint density at radius 3 is 2.54 bits per heavy atom. The Balaban J connectivity index is 1.85. The minimum atomic E-state index is -0.514. The molecule has 4 nitrogen and oxygen atoms in total. The van der Waals surface area contributed by atoms with Gasteiger partial charge in [0.2, 0.25) is 5.91 Å². The fourth-order valence-electron chi connectivity index (χ4n) is 2.54. The zero-order valence-corrected chi connectivity index (χ0v) is 17.1. The molecular formula is C21H15Cl2NO3S. The minimum Gasteiger partial charge on any atom is -0.465 e. The van der Waals surface area contributed by atoms with Gasteiger partial charge in [0, 0.05) is 27.1 Å². The average Bonchev–Trinajstić information content (AvgIpc) is 3.10. The van der Waals surface area contributed by atoms with Crippen molar-refractivity contribution in [3.63, 3.8) is 0 Å². The van der Waals surface area contributed by atoms with Gasteiger partial charge in [-0.25, -0.2) is 4.79 Å². The molecule has 3 aromatic rings. The summed E-state index contributed by atoms with van der Waals surface area (Å²) in [7, 11) is 1.31. The van der Waals surface area contributed by atoms with E-state index in [2.05, 4.69) is 5.32 Å². The lowest BCUT2D eigenvalue weighted by molar-refractivity contribution is -0.111. The van der Waals surface area contributed by atoms with Crippen molar-refractivity contribution in [3.05, 3.63) is 81.2 Å². The highest BCUT2D eigenvalue weighted by atomic mass is 35.5. The predicted molar refractivity (Wildman–Crippen MR) is 115 cm³/mol. The Kier molecular flexibility index (Phi) is 6.52. The second-order valence-electron chi connectivity index (χ2n) is 5.70. The van der Waals surface area contributed by atoms with E-state index >= 15 is 0 Å². The molecule has 0 bridgehead atoms. The first-order valence-corrected chi connectivity index (χ1v) is 9.82. The first-order chi connectivity index (χ1) is 13.5. The number of hydrogen-bond acceptors (Lipinski definition) is 4. The molecule has 1 amide bonds. The molecule has 0 aliphatic heterocycles. The Labute approximate surface area is 176 Å². The lowest BCUT2D eigenvalue weighted by Gasteiger charge is -2.06. The molecular weight excluding hydrogens is 417 g/mol. The van der Waals surface area contributed by atoms with E-state index < -0.39 is 11.9 Å². The van der Waals surface area contributed by atoms with Crippen molar-refractivity contribution < 1.29 is 14.3 Å². The highest BCUT2D eigenvalue weighted by Gasteiger charge is 2.21. The molecule has 0 saturated heterocycles. The number of carbonyl (C=O) groups is 2. The number of amides is 1. The SMILES string of the molecule is COC(=O)c1c(-c2ccccc2)csc1NC(=O)/C=C/c1ccc(Cl)cc1Cl. The minimum absolute atomic E-state index is 0.324. The van der Waals surface area contributed by atoms with Gasteiger partial charge in [-0.3, -0.25) is 4.79 Å². The molecule has 0 fully saturated rings. The van der Waals surface area contributed by atoms with Crippen LogP contribution in [0.2, 0.25) is 10.0 Å². The maximum atomic E-state index is 12.4. The molecule has 3 rings (SSSR count). The normalized spacial score (nSPS) is 10.8. The van der Waals surface area contributed by atoms with Crippen LogP contribution in [0.3, 0.4) is 0 Å². The van der Waals surface area contributed by atoms with Gasteiger partial charge in [-0.05, 0) is 29.3 Å². The molecule has 2 aromatic carbocycles. The van der Waals surface area contributed by atoms with E-state index in [1.165, 1.54) is 24.5 Å². The number of thiophene rings is 1. The van der Waals surface area contributed by atoms with Crippen molar-refractivity contribution in [2.45, 2.75) is 0 Å². The van der Waals surface area contributed by atoms with Crippen molar-refractivity contribution >= 4 is 57.5 Å². The molecule has 0 atom stereocenters. The second-order valence-corrected chi connectivity index (χ2v) is 7.42. The standard InChI is InChI=1S/C21H15Cl2NO3S/c1-27-21(26)19-16(13-5-3-2-4-6-13)12-28-20(19)24-18(25)10-8-14-7-9-15(22)11-17(14)23/h2-12H,1H3,(H,24,25)/b10-8+. The number of esters is 1. The summed E-state index contributed by atoms with van der Waals surface area (Å²) in [4.78, 5) is 24.7. The van der Waals surface area contributed by atoms with Gasteiger partial charge < -0.3 is 10.1 Å². The molecule has 1 aromatic heterocycles. The van der Waals surface area contributed by atoms with Crippen LogP contribution in [0.1, 0.15) is 15.9 Å². The van der Waals surface area contributed by atoms with Crippen molar-refractivity contribution in [1.29, 1.82) is 0 Å². The van der Waals surface area contributed by atoms with Crippen LogP contribution in [0.4, 0.5) is 5.00 Å². The summed E-state index contributed by atoms with van der Waals surface area (Å²) in [5.41, 5.74) is 2.55. The number of methoxy groups -OCH3 is 1. The van der Waals surface area contributed by atoms with Crippen LogP contribution in [0.5, 0.6) is 0 Å². The van der Waals surface area contributed by atoms with Gasteiger partial charge in [0.1, 0.15) is 10.6 Å². The molecule has 0 aliphatic carbocycles. The predicted octanol–water partition coefficient (Wildman–Crippen LogP) is 6.16. The van der Waals surface area contributed by atoms with Crippen LogP contribution < -0.4 is 5.32 Å². The van der Waals surface area contributed by atoms with E-state index in [1.807, 2.05) is 35.7 Å². The van der Waals surface area contributed by atoms with Crippen molar-refractivity contribution in [3.8, 4) is 11.1 Å². The fourth-order valence-corrected chi connectivity index (χ4v) is 3.97. The molecule has 28 heavy (non-hydrogen) atoms. The Morgan fingerprint density at radius 1 is 1.11 bits per heavy atom. The van der Waals surface area contributed by atoms with E-state index in [1.54, 1.807) is 24.3 Å². The van der Waals surface area contributed by atoms with E-state index in [0.717, 1.165) is 5.56 Å². The number of ether oxygens (including phenoxy) is 1. The zero-order valence-electron chi connectivity index (χ0n) is 14.7. The van der Waals surface area contributed by atoms with Crippen LogP contribution >= 0.6 is 34.5 Å². The first-order valence-electron chi connectivity index (χ1n) is 8.19. The average molecular weight is 432 g/mol. The number of benzene rings is 2. The summed E-state index contributed by atoms with van der Waals surface area (Å²) in [5, 5.41) is 5.93. The lowest BCUT2D eigenvalue weighted by Crippen LogP contribution is -2.11. The van der Waals surface area contributed by atoms with Crippen molar-refractivity contribution in [2.75, 3.05) is 12.4 Å². The smallest absolute Gasteiger partial charge is 0.341 e. The van der Waals surface area contributed by atoms with E-state index in [-0.39, 0.29) is 0 Å². The maximum Gasteiger partial charge on any atom is 0.341 e. The molecule has 0 unspecified atom stereocenters. The van der Waals surface area contributed by atoms with Gasteiger partial charge in [0.05, 0.1) is 7.11 Å². The number of carbonyl (C=O) groups excluding carboxylic acids is 2. The summed E-state index contributed by atoms with van der Waals surface area (Å²) >= 11 is 13.2. The number of nitrogens with one attached hydrogen (secondary N) is 1. The van der Waals surface area contributed by atoms with Gasteiger partial charge in [-0.1, -0.05) is 59.6 Å². The lowest BCUT2D eigenvalue weighted by atomic mass is 10.0. The summed E-state index contributed by atoms with van der Waals surface area (Å²) in [5.74, 6) is -0.905. The third kappa shape index (κ3) is 4.62. The fraction of sp³-hybridized carbons (Fsp3) is 0.0476. The van der Waals surface area contributed by atoms with Crippen LogP contribution in [0, 0.1) is 0 Å². The highest BCUT2D eigenvalue weighted by Crippen LogP contribution is 2.36. The van der Waals surface area contributed by atoms with E-state index in [0.29, 0.717) is 31.7 Å².